The summed E-state index contributed by atoms with van der Waals surface area (Å²) in [6.07, 6.45) is 2.66. The third-order valence-electron chi connectivity index (χ3n) is 2.46. The fourth-order valence-corrected chi connectivity index (χ4v) is 2.02. The zero-order valence-corrected chi connectivity index (χ0v) is 12.6. The molecular weight excluding hydrogens is 333 g/mol. The third kappa shape index (κ3) is 3.42. The molecule has 19 heavy (non-hydrogen) atoms. The van der Waals surface area contributed by atoms with Crippen LogP contribution in [0.15, 0.2) is 28.9 Å². The quantitative estimate of drug-likeness (QED) is 0.886. The minimum Gasteiger partial charge on any atom is -0.369 e. The van der Waals surface area contributed by atoms with E-state index in [1.165, 1.54) is 12.1 Å². The van der Waals surface area contributed by atoms with Gasteiger partial charge in [0.15, 0.2) is 5.82 Å². The van der Waals surface area contributed by atoms with E-state index >= 15 is 0 Å². The zero-order valence-electron chi connectivity index (χ0n) is 10.3. The predicted molar refractivity (Wildman–Crippen MR) is 78.9 cm³/mol. The van der Waals surface area contributed by atoms with E-state index in [0.29, 0.717) is 17.2 Å². The molecule has 6 heteroatoms. The van der Waals surface area contributed by atoms with Gasteiger partial charge in [0.1, 0.15) is 11.6 Å². The highest BCUT2D eigenvalue weighted by molar-refractivity contribution is 9.10. The van der Waals surface area contributed by atoms with Crippen molar-refractivity contribution in [3.05, 3.63) is 39.7 Å². The maximum absolute atomic E-state index is 13.1. The van der Waals surface area contributed by atoms with E-state index in [4.69, 9.17) is 11.6 Å². The minimum absolute atomic E-state index is 0.0621. The monoisotopic (exact) mass is 343 g/mol. The molecule has 0 aliphatic heterocycles. The second kappa shape index (κ2) is 6.30. The fourth-order valence-electron chi connectivity index (χ4n) is 1.51. The second-order valence-electron chi connectivity index (χ2n) is 3.95. The van der Waals surface area contributed by atoms with E-state index in [9.17, 15) is 4.39 Å². The lowest BCUT2D eigenvalue weighted by atomic mass is 10.2. The van der Waals surface area contributed by atoms with Gasteiger partial charge in [-0.05, 0) is 40.5 Å². The van der Waals surface area contributed by atoms with Crippen molar-refractivity contribution in [2.75, 3.05) is 11.9 Å². The molecule has 0 spiro atoms. The molecular formula is C13H12BrClFN3. The van der Waals surface area contributed by atoms with E-state index in [2.05, 4.69) is 38.1 Å². The Labute approximate surface area is 124 Å². The predicted octanol–water partition coefficient (Wildman–Crippen LogP) is 4.52. The van der Waals surface area contributed by atoms with Crippen LogP contribution in [0.25, 0.3) is 11.4 Å². The maximum atomic E-state index is 13.1. The van der Waals surface area contributed by atoms with Gasteiger partial charge in [-0.2, -0.15) is 0 Å². The Kier molecular flexibility index (Phi) is 4.71. The van der Waals surface area contributed by atoms with Crippen LogP contribution in [0.5, 0.6) is 0 Å². The summed E-state index contributed by atoms with van der Waals surface area (Å²) >= 11 is 9.15. The van der Waals surface area contributed by atoms with Crippen molar-refractivity contribution in [1.29, 1.82) is 0 Å². The van der Waals surface area contributed by atoms with Crippen LogP contribution in [-0.4, -0.2) is 16.5 Å². The van der Waals surface area contributed by atoms with Gasteiger partial charge in [-0.3, -0.25) is 0 Å². The minimum atomic E-state index is -0.452. The normalized spacial score (nSPS) is 10.5. The molecule has 0 saturated heterocycles. The number of anilines is 1. The molecule has 1 aromatic heterocycles. The molecule has 0 unspecified atom stereocenters. The summed E-state index contributed by atoms with van der Waals surface area (Å²) in [5.41, 5.74) is 0.679. The first-order chi connectivity index (χ1) is 9.11. The van der Waals surface area contributed by atoms with Crippen LogP contribution in [0.3, 0.4) is 0 Å². The number of aromatic nitrogens is 2. The molecule has 100 valence electrons. The van der Waals surface area contributed by atoms with Crippen LogP contribution in [0.2, 0.25) is 5.02 Å². The number of hydrogen-bond acceptors (Lipinski definition) is 3. The standard InChI is InChI=1S/C13H12BrClFN3/c1-2-5-17-13-9(14)7-18-12(19-13)8-3-4-11(16)10(15)6-8/h3-4,6-7H,2,5H2,1H3,(H,17,18,19). The van der Waals surface area contributed by atoms with Gasteiger partial charge < -0.3 is 5.32 Å². The van der Waals surface area contributed by atoms with Gasteiger partial charge in [0.25, 0.3) is 0 Å². The molecule has 1 aromatic carbocycles. The zero-order chi connectivity index (χ0) is 13.8. The first kappa shape index (κ1) is 14.2. The fraction of sp³-hybridized carbons (Fsp3) is 0.231. The summed E-state index contributed by atoms with van der Waals surface area (Å²) in [5.74, 6) is 0.767. The van der Waals surface area contributed by atoms with Crippen molar-refractivity contribution in [3.63, 3.8) is 0 Å². The molecule has 0 atom stereocenters. The molecule has 0 bridgehead atoms. The van der Waals surface area contributed by atoms with Crippen LogP contribution >= 0.6 is 27.5 Å². The summed E-state index contributed by atoms with van der Waals surface area (Å²) in [6, 6.07) is 4.43. The Bertz CT molecular complexity index is 592. The number of nitrogens with one attached hydrogen (secondary N) is 1. The van der Waals surface area contributed by atoms with Crippen LogP contribution in [0.4, 0.5) is 10.2 Å². The summed E-state index contributed by atoms with van der Waals surface area (Å²) in [5, 5.41) is 3.26. The average molecular weight is 345 g/mol. The van der Waals surface area contributed by atoms with Crippen molar-refractivity contribution >= 4 is 33.3 Å². The molecule has 0 amide bonds. The molecule has 3 nitrogen and oxygen atoms in total. The molecule has 1 heterocycles. The molecule has 2 aromatic rings. The van der Waals surface area contributed by atoms with E-state index in [-0.39, 0.29) is 5.02 Å². The van der Waals surface area contributed by atoms with Gasteiger partial charge in [0.05, 0.1) is 9.50 Å². The van der Waals surface area contributed by atoms with Gasteiger partial charge in [-0.15, -0.1) is 0 Å². The SMILES string of the molecule is CCCNc1nc(-c2ccc(F)c(Cl)c2)ncc1Br. The number of benzene rings is 1. The summed E-state index contributed by atoms with van der Waals surface area (Å²) < 4.78 is 13.9. The first-order valence-corrected chi connectivity index (χ1v) is 7.00. The number of halogens is 3. The molecule has 2 rings (SSSR count). The van der Waals surface area contributed by atoms with Crippen molar-refractivity contribution in [2.24, 2.45) is 0 Å². The number of nitrogens with zero attached hydrogens (tertiary/aromatic N) is 2. The largest absolute Gasteiger partial charge is 0.369 e. The van der Waals surface area contributed by atoms with E-state index in [1.807, 2.05) is 0 Å². The highest BCUT2D eigenvalue weighted by Gasteiger charge is 2.08. The van der Waals surface area contributed by atoms with Crippen molar-refractivity contribution in [3.8, 4) is 11.4 Å². The Hall–Kier alpha value is -1.20. The highest BCUT2D eigenvalue weighted by Crippen LogP contribution is 2.26. The van der Waals surface area contributed by atoms with Crippen molar-refractivity contribution in [1.82, 2.24) is 9.97 Å². The summed E-state index contributed by atoms with van der Waals surface area (Å²) in [4.78, 5) is 8.61. The van der Waals surface area contributed by atoms with Crippen LogP contribution in [-0.2, 0) is 0 Å². The molecule has 0 saturated carbocycles. The van der Waals surface area contributed by atoms with Gasteiger partial charge in [-0.25, -0.2) is 14.4 Å². The van der Waals surface area contributed by atoms with Gasteiger partial charge >= 0.3 is 0 Å². The van der Waals surface area contributed by atoms with E-state index in [0.717, 1.165) is 17.4 Å². The molecule has 0 aliphatic carbocycles. The van der Waals surface area contributed by atoms with Gasteiger partial charge in [-0.1, -0.05) is 18.5 Å². The topological polar surface area (TPSA) is 37.8 Å². The van der Waals surface area contributed by atoms with Crippen molar-refractivity contribution < 1.29 is 4.39 Å². The average Bonchev–Trinajstić information content (AvgIpc) is 2.41. The lowest BCUT2D eigenvalue weighted by Gasteiger charge is -2.08. The lowest BCUT2D eigenvalue weighted by Crippen LogP contribution is -2.04. The van der Waals surface area contributed by atoms with Crippen LogP contribution in [0, 0.1) is 5.82 Å². The maximum Gasteiger partial charge on any atom is 0.161 e. The summed E-state index contributed by atoms with van der Waals surface area (Å²) in [7, 11) is 0. The molecule has 0 aliphatic rings. The smallest absolute Gasteiger partial charge is 0.161 e. The van der Waals surface area contributed by atoms with Gasteiger partial charge in [0.2, 0.25) is 0 Å². The third-order valence-corrected chi connectivity index (χ3v) is 3.33. The Morgan fingerprint density at radius 1 is 1.42 bits per heavy atom. The number of rotatable bonds is 4. The van der Waals surface area contributed by atoms with E-state index in [1.54, 1.807) is 12.3 Å². The Balaban J connectivity index is 2.36. The molecule has 1 N–H and O–H groups in total. The molecule has 0 fully saturated rings. The van der Waals surface area contributed by atoms with E-state index < -0.39 is 5.82 Å². The lowest BCUT2D eigenvalue weighted by molar-refractivity contribution is 0.628. The highest BCUT2D eigenvalue weighted by atomic mass is 79.9. The Morgan fingerprint density at radius 2 is 2.21 bits per heavy atom. The van der Waals surface area contributed by atoms with Gasteiger partial charge in [0, 0.05) is 18.3 Å². The second-order valence-corrected chi connectivity index (χ2v) is 5.21. The van der Waals surface area contributed by atoms with Crippen LogP contribution in [0.1, 0.15) is 13.3 Å². The molecule has 0 radical (unpaired) electrons. The Morgan fingerprint density at radius 3 is 2.89 bits per heavy atom. The number of hydrogen-bond donors (Lipinski definition) is 1. The first-order valence-electron chi connectivity index (χ1n) is 5.83. The van der Waals surface area contributed by atoms with Crippen LogP contribution < -0.4 is 5.32 Å². The van der Waals surface area contributed by atoms with Crippen molar-refractivity contribution in [2.45, 2.75) is 13.3 Å². The summed E-state index contributed by atoms with van der Waals surface area (Å²) in [6.45, 7) is 2.89.